The maximum absolute atomic E-state index is 13.7. The van der Waals surface area contributed by atoms with E-state index in [0.29, 0.717) is 4.68 Å². The number of aromatic nitrogens is 2. The van der Waals surface area contributed by atoms with Crippen LogP contribution in [0.15, 0.2) is 30.5 Å². The fourth-order valence-corrected chi connectivity index (χ4v) is 4.98. The predicted octanol–water partition coefficient (Wildman–Crippen LogP) is 2.80. The summed E-state index contributed by atoms with van der Waals surface area (Å²) in [5.74, 6) is -1.29. The summed E-state index contributed by atoms with van der Waals surface area (Å²) in [5.41, 5.74) is -1.82. The molecule has 1 aliphatic rings. The third kappa shape index (κ3) is 3.96. The van der Waals surface area contributed by atoms with Gasteiger partial charge in [-0.25, -0.2) is 13.1 Å². The van der Waals surface area contributed by atoms with Gasteiger partial charge >= 0.3 is 6.18 Å². The van der Waals surface area contributed by atoms with Gasteiger partial charge in [0, 0.05) is 18.1 Å². The molecule has 27 heavy (non-hydrogen) atoms. The molecule has 1 atom stereocenters. The van der Waals surface area contributed by atoms with Crippen molar-refractivity contribution in [2.45, 2.75) is 18.6 Å². The minimum atomic E-state index is -4.85. The molecule has 0 radical (unpaired) electrons. The summed E-state index contributed by atoms with van der Waals surface area (Å²) >= 11 is 5.84. The monoisotopic (exact) mass is 421 g/mol. The van der Waals surface area contributed by atoms with Crippen LogP contribution in [-0.4, -0.2) is 53.6 Å². The highest BCUT2D eigenvalue weighted by Gasteiger charge is 2.42. The Morgan fingerprint density at radius 1 is 1.37 bits per heavy atom. The van der Waals surface area contributed by atoms with Crippen molar-refractivity contribution in [3.8, 4) is 5.69 Å². The lowest BCUT2D eigenvalue weighted by Crippen LogP contribution is -2.38. The summed E-state index contributed by atoms with van der Waals surface area (Å²) in [6, 6.07) is 4.98. The second-order valence-electron chi connectivity index (χ2n) is 6.27. The molecular formula is C16H15ClF3N3O3S. The summed E-state index contributed by atoms with van der Waals surface area (Å²) < 4.78 is 64.9. The summed E-state index contributed by atoms with van der Waals surface area (Å²) in [7, 11) is -1.99. The molecule has 1 amide bonds. The summed E-state index contributed by atoms with van der Waals surface area (Å²) in [6.07, 6.45) is -3.83. The fraction of sp³-hybridized carbons (Fsp3) is 0.375. The van der Waals surface area contributed by atoms with E-state index in [0.717, 1.165) is 11.1 Å². The Hall–Kier alpha value is -2.07. The van der Waals surface area contributed by atoms with E-state index in [1.165, 1.54) is 31.3 Å². The Morgan fingerprint density at radius 3 is 2.63 bits per heavy atom. The first-order chi connectivity index (χ1) is 12.5. The highest BCUT2D eigenvalue weighted by Crippen LogP contribution is 2.35. The number of amides is 1. The van der Waals surface area contributed by atoms with E-state index >= 15 is 0 Å². The topological polar surface area (TPSA) is 72.3 Å². The minimum Gasteiger partial charge on any atom is -0.338 e. The van der Waals surface area contributed by atoms with Crippen LogP contribution in [0.5, 0.6) is 0 Å². The molecule has 0 N–H and O–H groups in total. The molecule has 0 saturated carbocycles. The minimum absolute atomic E-state index is 0.0555. The second kappa shape index (κ2) is 6.83. The first-order valence-corrected chi connectivity index (χ1v) is 10.1. The van der Waals surface area contributed by atoms with Crippen LogP contribution in [-0.2, 0) is 16.0 Å². The number of hydrogen-bond acceptors (Lipinski definition) is 4. The molecule has 1 unspecified atom stereocenters. The number of carbonyl (C=O) groups excluding carboxylic acids is 1. The number of benzene rings is 1. The van der Waals surface area contributed by atoms with Gasteiger partial charge in [0.2, 0.25) is 0 Å². The van der Waals surface area contributed by atoms with Crippen molar-refractivity contribution in [3.63, 3.8) is 0 Å². The molecule has 1 aromatic carbocycles. The van der Waals surface area contributed by atoms with Gasteiger partial charge in [0.05, 0.1) is 29.0 Å². The number of carbonyl (C=O) groups is 1. The fourth-order valence-electron chi connectivity index (χ4n) is 3.02. The van der Waals surface area contributed by atoms with Crippen molar-refractivity contribution < 1.29 is 26.4 Å². The smallest absolute Gasteiger partial charge is 0.338 e. The van der Waals surface area contributed by atoms with E-state index in [4.69, 9.17) is 11.6 Å². The Balaban J connectivity index is 2.02. The van der Waals surface area contributed by atoms with Crippen molar-refractivity contribution in [2.75, 3.05) is 18.6 Å². The van der Waals surface area contributed by atoms with E-state index in [9.17, 15) is 26.4 Å². The van der Waals surface area contributed by atoms with Crippen molar-refractivity contribution in [1.29, 1.82) is 0 Å². The third-order valence-corrected chi connectivity index (χ3v) is 6.38. The summed E-state index contributed by atoms with van der Waals surface area (Å²) in [4.78, 5) is 13.7. The Bertz CT molecular complexity index is 988. The predicted molar refractivity (Wildman–Crippen MR) is 92.7 cm³/mol. The van der Waals surface area contributed by atoms with Gasteiger partial charge in [-0.05, 0) is 24.6 Å². The molecule has 146 valence electrons. The van der Waals surface area contributed by atoms with Crippen LogP contribution >= 0.6 is 11.6 Å². The highest BCUT2D eigenvalue weighted by molar-refractivity contribution is 7.91. The van der Waals surface area contributed by atoms with Gasteiger partial charge in [0.25, 0.3) is 5.91 Å². The van der Waals surface area contributed by atoms with E-state index in [1.807, 2.05) is 0 Å². The maximum atomic E-state index is 13.7. The molecule has 1 saturated heterocycles. The lowest BCUT2D eigenvalue weighted by atomic mass is 10.1. The van der Waals surface area contributed by atoms with Crippen LogP contribution in [0.3, 0.4) is 0 Å². The van der Waals surface area contributed by atoms with E-state index in [1.54, 1.807) is 0 Å². The zero-order valence-electron chi connectivity index (χ0n) is 14.1. The zero-order valence-corrected chi connectivity index (χ0v) is 15.6. The highest BCUT2D eigenvalue weighted by atomic mass is 35.5. The molecule has 0 spiro atoms. The van der Waals surface area contributed by atoms with E-state index < -0.39 is 39.2 Å². The van der Waals surface area contributed by atoms with E-state index in [-0.39, 0.29) is 28.6 Å². The van der Waals surface area contributed by atoms with Crippen molar-refractivity contribution in [1.82, 2.24) is 14.7 Å². The molecule has 1 fully saturated rings. The van der Waals surface area contributed by atoms with E-state index in [2.05, 4.69) is 5.10 Å². The molecule has 0 aliphatic carbocycles. The van der Waals surface area contributed by atoms with Crippen LogP contribution in [0.1, 0.15) is 22.5 Å². The number of sulfone groups is 1. The standard InChI is InChI=1S/C16H15ClF3N3O3S/c1-22(12-5-6-27(25,26)9-12)15(24)13-8-21-23(14(13)16(18,19)20)11-4-2-3-10(17)7-11/h2-4,7-8,12H,5-6,9H2,1H3. The van der Waals surface area contributed by atoms with Gasteiger partial charge in [0.15, 0.2) is 15.5 Å². The quantitative estimate of drug-likeness (QED) is 0.764. The van der Waals surface area contributed by atoms with Crippen LogP contribution < -0.4 is 0 Å². The lowest BCUT2D eigenvalue weighted by molar-refractivity contribution is -0.143. The Kier molecular flexibility index (Phi) is 4.98. The number of nitrogens with zero attached hydrogens (tertiary/aromatic N) is 3. The second-order valence-corrected chi connectivity index (χ2v) is 8.93. The van der Waals surface area contributed by atoms with Crippen LogP contribution in [0.25, 0.3) is 5.69 Å². The number of rotatable bonds is 3. The molecule has 2 heterocycles. The molecule has 1 aliphatic heterocycles. The van der Waals surface area contributed by atoms with Gasteiger partial charge in [-0.1, -0.05) is 17.7 Å². The average Bonchev–Trinajstić information content (AvgIpc) is 3.16. The first-order valence-electron chi connectivity index (χ1n) is 7.88. The molecule has 0 bridgehead atoms. The number of alkyl halides is 3. The van der Waals surface area contributed by atoms with Crippen LogP contribution in [0.4, 0.5) is 13.2 Å². The van der Waals surface area contributed by atoms with Gasteiger partial charge in [-0.2, -0.15) is 18.3 Å². The Morgan fingerprint density at radius 2 is 2.07 bits per heavy atom. The Labute approximate surface area is 158 Å². The van der Waals surface area contributed by atoms with Gasteiger partial charge in [0.1, 0.15) is 0 Å². The maximum Gasteiger partial charge on any atom is 0.434 e. The lowest BCUT2D eigenvalue weighted by Gasteiger charge is -2.23. The molecular weight excluding hydrogens is 407 g/mol. The molecule has 6 nitrogen and oxygen atoms in total. The molecule has 3 rings (SSSR count). The SMILES string of the molecule is CN(C(=O)c1cnn(-c2cccc(Cl)c2)c1C(F)(F)F)C1CCS(=O)(=O)C1. The third-order valence-electron chi connectivity index (χ3n) is 4.40. The van der Waals surface area contributed by atoms with Gasteiger partial charge < -0.3 is 4.90 Å². The number of hydrogen-bond donors (Lipinski definition) is 0. The van der Waals surface area contributed by atoms with Crippen molar-refractivity contribution >= 4 is 27.3 Å². The van der Waals surface area contributed by atoms with Gasteiger partial charge in [-0.3, -0.25) is 4.79 Å². The molecule has 1 aromatic heterocycles. The first kappa shape index (κ1) is 19.7. The zero-order chi connectivity index (χ0) is 20.0. The molecule has 11 heteroatoms. The normalized spacial score (nSPS) is 19.2. The van der Waals surface area contributed by atoms with Crippen LogP contribution in [0.2, 0.25) is 5.02 Å². The van der Waals surface area contributed by atoms with Crippen molar-refractivity contribution in [3.05, 3.63) is 46.7 Å². The average molecular weight is 422 g/mol. The van der Waals surface area contributed by atoms with Gasteiger partial charge in [-0.15, -0.1) is 0 Å². The largest absolute Gasteiger partial charge is 0.434 e. The molecule has 2 aromatic rings. The van der Waals surface area contributed by atoms with Crippen molar-refractivity contribution in [2.24, 2.45) is 0 Å². The summed E-state index contributed by atoms with van der Waals surface area (Å²) in [5, 5.41) is 3.94. The van der Waals surface area contributed by atoms with Crippen LogP contribution in [0, 0.1) is 0 Å². The summed E-state index contributed by atoms with van der Waals surface area (Å²) in [6.45, 7) is 0. The number of halogens is 4.